The first-order chi connectivity index (χ1) is 8.29. The van der Waals surface area contributed by atoms with Crippen LogP contribution in [0.4, 0.5) is 30.7 Å². The number of hydrogen-bond acceptors (Lipinski definition) is 1. The van der Waals surface area contributed by atoms with Crippen molar-refractivity contribution >= 4 is 23.4 Å². The van der Waals surface area contributed by atoms with Crippen molar-refractivity contribution < 1.29 is 49.6 Å². The van der Waals surface area contributed by atoms with Gasteiger partial charge in [0.25, 0.3) is 0 Å². The summed E-state index contributed by atoms with van der Waals surface area (Å²) in [6.45, 7) is 0. The Hall–Kier alpha value is -0.973. The summed E-state index contributed by atoms with van der Waals surface area (Å²) in [4.78, 5) is -1.37. The molecule has 0 spiro atoms. The Morgan fingerprint density at radius 3 is 1.21 bits per heavy atom. The van der Waals surface area contributed by atoms with Gasteiger partial charge >= 0.3 is 18.9 Å². The molecule has 0 fully saturated rings. The van der Waals surface area contributed by atoms with Crippen LogP contribution in [0.2, 0.25) is 0 Å². The smallest absolute Gasteiger partial charge is 0.774 e. The fourth-order valence-electron chi connectivity index (χ4n) is 1.46. The van der Waals surface area contributed by atoms with Gasteiger partial charge in [0, 0.05) is 0 Å². The fraction of sp³-hybridized carbons (Fsp3) is 0. The number of benzene rings is 2. The number of rotatable bonds is 0. The number of fused-ring (bicyclic) bond motifs is 1. The maximum Gasteiger partial charge on any atom is 1.00 e. The predicted octanol–water partition coefficient (Wildman–Crippen LogP) is 0.723. The number of hydrogen-bond donors (Lipinski definition) is 0. The van der Waals surface area contributed by atoms with Crippen LogP contribution < -0.4 is 18.9 Å². The van der Waals surface area contributed by atoms with Crippen LogP contribution in [0.5, 0.6) is 0 Å². The van der Waals surface area contributed by atoms with Gasteiger partial charge in [-0.3, -0.25) is 0 Å². The summed E-state index contributed by atoms with van der Waals surface area (Å²) in [7, 11) is 0. The minimum Gasteiger partial charge on any atom is -0.774 e. The second-order valence-electron chi connectivity index (χ2n) is 3.28. The number of halogens is 7. The first kappa shape index (κ1) is 16.1. The van der Waals surface area contributed by atoms with Crippen LogP contribution in [-0.2, 0) is 12.6 Å². The third-order valence-corrected chi connectivity index (χ3v) is 2.66. The first-order valence-electron chi connectivity index (χ1n) is 4.28. The summed E-state index contributed by atoms with van der Waals surface area (Å²) in [5, 5.41) is -3.22. The quantitative estimate of drug-likeness (QED) is 0.227. The monoisotopic (exact) mass is 292 g/mol. The molecule has 2 aromatic carbocycles. The molecule has 0 atom stereocenters. The van der Waals surface area contributed by atoms with Gasteiger partial charge < -0.3 is 12.6 Å². The molecule has 2 aromatic rings. The molecule has 0 amide bonds. The van der Waals surface area contributed by atoms with E-state index in [9.17, 15) is 30.7 Å². The molecule has 0 aliphatic heterocycles. The Labute approximate surface area is 119 Å². The molecule has 0 unspecified atom stereocenters. The summed E-state index contributed by atoms with van der Waals surface area (Å²) in [6, 6.07) is 0. The first-order valence-corrected chi connectivity index (χ1v) is 4.69. The van der Waals surface area contributed by atoms with E-state index >= 15 is 0 Å². The van der Waals surface area contributed by atoms with Crippen molar-refractivity contribution in [1.29, 1.82) is 0 Å². The van der Waals surface area contributed by atoms with Crippen LogP contribution in [-0.4, -0.2) is 0 Å². The Morgan fingerprint density at radius 1 is 0.474 bits per heavy atom. The maximum absolute atomic E-state index is 13.4. The summed E-state index contributed by atoms with van der Waals surface area (Å²) >= 11 is 4.09. The van der Waals surface area contributed by atoms with E-state index in [0.717, 1.165) is 0 Å². The Kier molecular flexibility index (Phi) is 4.39. The van der Waals surface area contributed by atoms with Crippen molar-refractivity contribution in [2.24, 2.45) is 0 Å². The fourth-order valence-corrected chi connectivity index (χ4v) is 1.65. The molecule has 0 saturated heterocycles. The van der Waals surface area contributed by atoms with E-state index in [4.69, 9.17) is 0 Å². The maximum atomic E-state index is 13.4. The molecule has 96 valence electrons. The summed E-state index contributed by atoms with van der Waals surface area (Å²) in [5.41, 5.74) is 0. The van der Waals surface area contributed by atoms with Crippen LogP contribution in [0.1, 0.15) is 0 Å². The van der Waals surface area contributed by atoms with Gasteiger partial charge in [-0.2, -0.15) is 0 Å². The van der Waals surface area contributed by atoms with Gasteiger partial charge in [0.05, 0.1) is 10.8 Å². The van der Waals surface area contributed by atoms with E-state index in [1.54, 1.807) is 0 Å². The molecule has 0 saturated carbocycles. The normalized spacial score (nSPS) is 10.7. The third kappa shape index (κ3) is 2.08. The standard InChI is InChI=1S/C10HF7S.Li/c11-3-1-2(4(12)8(16)7(3)15)6(14)10(18)9(17)5(1)13;/h18H;/q;+1/p-1. The zero-order chi connectivity index (χ0) is 13.8. The van der Waals surface area contributed by atoms with Crippen molar-refractivity contribution in [3.05, 3.63) is 40.7 Å². The molecular weight excluding hydrogens is 292 g/mol. The van der Waals surface area contributed by atoms with Crippen LogP contribution in [0.25, 0.3) is 10.8 Å². The van der Waals surface area contributed by atoms with Gasteiger partial charge in [-0.15, -0.1) is 0 Å². The topological polar surface area (TPSA) is 0 Å². The molecule has 0 aromatic heterocycles. The molecule has 0 radical (unpaired) electrons. The van der Waals surface area contributed by atoms with E-state index < -0.39 is 56.4 Å². The summed E-state index contributed by atoms with van der Waals surface area (Å²) in [6.07, 6.45) is 0. The molecule has 0 bridgehead atoms. The van der Waals surface area contributed by atoms with E-state index in [1.807, 2.05) is 0 Å². The van der Waals surface area contributed by atoms with Gasteiger partial charge in [0.15, 0.2) is 29.1 Å². The van der Waals surface area contributed by atoms with E-state index in [-0.39, 0.29) is 18.9 Å². The Bertz CT molecular complexity index is 573. The Balaban J connectivity index is 0.00000180. The van der Waals surface area contributed by atoms with E-state index in [0.29, 0.717) is 0 Å². The van der Waals surface area contributed by atoms with Crippen molar-refractivity contribution in [3.8, 4) is 0 Å². The van der Waals surface area contributed by atoms with Gasteiger partial charge in [-0.25, -0.2) is 30.7 Å². The SMILES string of the molecule is Fc1c(F)c(F)c2c(F)c([S-])c(F)c(F)c2c1F.[Li+]. The van der Waals surface area contributed by atoms with E-state index in [2.05, 4.69) is 12.6 Å². The average molecular weight is 292 g/mol. The molecule has 19 heavy (non-hydrogen) atoms. The van der Waals surface area contributed by atoms with E-state index in [1.165, 1.54) is 0 Å². The van der Waals surface area contributed by atoms with Crippen molar-refractivity contribution in [2.45, 2.75) is 4.90 Å². The molecular formula is C10F7LiS. The van der Waals surface area contributed by atoms with Crippen molar-refractivity contribution in [2.75, 3.05) is 0 Å². The second kappa shape index (κ2) is 5.19. The van der Waals surface area contributed by atoms with Gasteiger partial charge in [-0.05, 0) is 0 Å². The van der Waals surface area contributed by atoms with Gasteiger partial charge in [0.1, 0.15) is 11.6 Å². The van der Waals surface area contributed by atoms with Crippen molar-refractivity contribution in [3.63, 3.8) is 0 Å². The Morgan fingerprint density at radius 2 is 0.789 bits per heavy atom. The average Bonchev–Trinajstić information content (AvgIpc) is 2.35. The summed E-state index contributed by atoms with van der Waals surface area (Å²) in [5.74, 6) is -15.0. The molecule has 0 aliphatic rings. The van der Waals surface area contributed by atoms with Gasteiger partial charge in [-0.1, -0.05) is 4.90 Å². The third-order valence-electron chi connectivity index (χ3n) is 2.30. The van der Waals surface area contributed by atoms with Gasteiger partial charge in [0.2, 0.25) is 0 Å². The van der Waals surface area contributed by atoms with Crippen LogP contribution >= 0.6 is 0 Å². The van der Waals surface area contributed by atoms with Crippen LogP contribution in [0.15, 0.2) is 4.90 Å². The van der Waals surface area contributed by atoms with Crippen molar-refractivity contribution in [1.82, 2.24) is 0 Å². The minimum atomic E-state index is -2.37. The minimum absolute atomic E-state index is 0. The summed E-state index contributed by atoms with van der Waals surface area (Å²) < 4.78 is 91.8. The zero-order valence-electron chi connectivity index (χ0n) is 9.05. The zero-order valence-corrected chi connectivity index (χ0v) is 9.87. The molecule has 2 rings (SSSR count). The molecule has 0 heterocycles. The van der Waals surface area contributed by atoms with Crippen LogP contribution in [0, 0.1) is 40.7 Å². The molecule has 0 nitrogen and oxygen atoms in total. The predicted molar refractivity (Wildman–Crippen MR) is 49.3 cm³/mol. The largest absolute Gasteiger partial charge is 1.00 e. The second-order valence-corrected chi connectivity index (χ2v) is 3.69. The van der Waals surface area contributed by atoms with Crippen LogP contribution in [0.3, 0.4) is 0 Å². The molecule has 0 aliphatic carbocycles. The molecule has 9 heteroatoms. The molecule has 0 N–H and O–H groups in total.